The third kappa shape index (κ3) is 5.94. The Morgan fingerprint density at radius 3 is 2.52 bits per heavy atom. The lowest BCUT2D eigenvalue weighted by Crippen LogP contribution is -1.96. The summed E-state index contributed by atoms with van der Waals surface area (Å²) < 4.78 is 16.7. The second kappa shape index (κ2) is 10.4. The molecule has 4 rings (SSSR count). The van der Waals surface area contributed by atoms with E-state index in [2.05, 4.69) is 10.2 Å². The van der Waals surface area contributed by atoms with Crippen molar-refractivity contribution in [3.63, 3.8) is 0 Å². The first kappa shape index (κ1) is 23.3. The minimum absolute atomic E-state index is 0.0444. The van der Waals surface area contributed by atoms with E-state index in [1.54, 1.807) is 42.5 Å². The molecular weight excluding hydrogens is 507 g/mol. The topological polar surface area (TPSA) is 98.6 Å². The molecule has 0 aliphatic heterocycles. The van der Waals surface area contributed by atoms with Gasteiger partial charge in [-0.2, -0.15) is 0 Å². The highest BCUT2D eigenvalue weighted by atomic mass is 35.5. The van der Waals surface area contributed by atoms with Crippen LogP contribution in [0.3, 0.4) is 0 Å². The molecule has 0 bridgehead atoms. The average molecular weight is 521 g/mol. The van der Waals surface area contributed by atoms with Gasteiger partial charge in [0.1, 0.15) is 16.4 Å². The predicted octanol–water partition coefficient (Wildman–Crippen LogP) is 7.01. The van der Waals surface area contributed by atoms with Gasteiger partial charge in [-0.05, 0) is 66.4 Å². The number of thioether (sulfide) groups is 1. The summed E-state index contributed by atoms with van der Waals surface area (Å²) in [6.07, 6.45) is 1.39. The largest absolute Gasteiger partial charge is 0.496 e. The lowest BCUT2D eigenvalue weighted by Gasteiger charge is -2.04. The van der Waals surface area contributed by atoms with Crippen LogP contribution in [-0.4, -0.2) is 28.4 Å². The summed E-state index contributed by atoms with van der Waals surface area (Å²) in [6, 6.07) is 15.7. The van der Waals surface area contributed by atoms with Crippen molar-refractivity contribution in [3.05, 3.63) is 75.3 Å². The van der Waals surface area contributed by atoms with Gasteiger partial charge in [-0.15, -0.1) is 10.2 Å². The SMILES string of the molecule is COc1ccc(Cl)cc1-c1nnc(S/C(=C\c2ccc(Sc3ccc(Cl)cc3)o2)C(=O)O)o1. The maximum Gasteiger partial charge on any atom is 0.342 e. The number of halogens is 2. The number of hydrogen-bond acceptors (Lipinski definition) is 8. The average Bonchev–Trinajstić information content (AvgIpc) is 3.44. The smallest absolute Gasteiger partial charge is 0.342 e. The van der Waals surface area contributed by atoms with Gasteiger partial charge in [0.25, 0.3) is 11.1 Å². The number of hydrogen-bond donors (Lipinski definition) is 1. The van der Waals surface area contributed by atoms with E-state index in [1.165, 1.54) is 24.9 Å². The Kier molecular flexibility index (Phi) is 7.34. The lowest BCUT2D eigenvalue weighted by atomic mass is 10.2. The Balaban J connectivity index is 1.52. The van der Waals surface area contributed by atoms with Gasteiger partial charge in [0.2, 0.25) is 0 Å². The molecule has 0 saturated carbocycles. The Morgan fingerprint density at radius 1 is 1.03 bits per heavy atom. The summed E-state index contributed by atoms with van der Waals surface area (Å²) in [5.74, 6) is -0.146. The molecule has 0 spiro atoms. The molecule has 0 unspecified atom stereocenters. The summed E-state index contributed by atoms with van der Waals surface area (Å²) in [5, 5.41) is 19.3. The molecule has 168 valence electrons. The first-order valence-electron chi connectivity index (χ1n) is 9.25. The van der Waals surface area contributed by atoms with Crippen LogP contribution in [0.15, 0.2) is 83.5 Å². The molecule has 2 heterocycles. The number of carboxylic acids is 1. The highest BCUT2D eigenvalue weighted by Crippen LogP contribution is 2.36. The van der Waals surface area contributed by atoms with Gasteiger partial charge in [0, 0.05) is 21.0 Å². The lowest BCUT2D eigenvalue weighted by molar-refractivity contribution is -0.131. The van der Waals surface area contributed by atoms with Crippen molar-refractivity contribution in [2.24, 2.45) is 0 Å². The quantitative estimate of drug-likeness (QED) is 0.194. The molecule has 1 N–H and O–H groups in total. The van der Waals surface area contributed by atoms with Crippen molar-refractivity contribution < 1.29 is 23.5 Å². The first-order chi connectivity index (χ1) is 15.9. The Bertz CT molecular complexity index is 1320. The van der Waals surface area contributed by atoms with Gasteiger partial charge in [-0.3, -0.25) is 0 Å². The maximum atomic E-state index is 11.8. The highest BCUT2D eigenvalue weighted by molar-refractivity contribution is 8.03. The molecular formula is C22H14Cl2N2O5S2. The predicted molar refractivity (Wildman–Crippen MR) is 127 cm³/mol. The van der Waals surface area contributed by atoms with E-state index in [0.717, 1.165) is 16.7 Å². The molecule has 4 aromatic rings. The van der Waals surface area contributed by atoms with Crippen molar-refractivity contribution in [3.8, 4) is 17.2 Å². The van der Waals surface area contributed by atoms with Crippen LogP contribution in [0.2, 0.25) is 10.0 Å². The molecule has 0 atom stereocenters. The van der Waals surface area contributed by atoms with Gasteiger partial charge in [0.15, 0.2) is 5.09 Å². The van der Waals surface area contributed by atoms with E-state index in [1.807, 2.05) is 12.1 Å². The van der Waals surface area contributed by atoms with Gasteiger partial charge in [0.05, 0.1) is 12.7 Å². The van der Waals surface area contributed by atoms with E-state index in [4.69, 9.17) is 36.8 Å². The van der Waals surface area contributed by atoms with Crippen LogP contribution < -0.4 is 4.74 Å². The normalized spacial score (nSPS) is 11.5. The molecule has 0 radical (unpaired) electrons. The molecule has 11 heteroatoms. The summed E-state index contributed by atoms with van der Waals surface area (Å²) in [5.41, 5.74) is 0.500. The number of methoxy groups -OCH3 is 1. The number of rotatable bonds is 8. The van der Waals surface area contributed by atoms with Crippen LogP contribution in [0.1, 0.15) is 5.76 Å². The third-order valence-electron chi connectivity index (χ3n) is 4.11. The zero-order valence-corrected chi connectivity index (χ0v) is 20.0. The van der Waals surface area contributed by atoms with Crippen LogP contribution in [0.4, 0.5) is 0 Å². The van der Waals surface area contributed by atoms with Crippen molar-refractivity contribution in [2.75, 3.05) is 7.11 Å². The van der Waals surface area contributed by atoms with Crippen LogP contribution in [0.5, 0.6) is 5.75 Å². The molecule has 33 heavy (non-hydrogen) atoms. The Labute approximate surface area is 206 Å². The fourth-order valence-electron chi connectivity index (χ4n) is 2.65. The number of aromatic nitrogens is 2. The van der Waals surface area contributed by atoms with E-state index >= 15 is 0 Å². The van der Waals surface area contributed by atoms with Gasteiger partial charge >= 0.3 is 5.97 Å². The Hall–Kier alpha value is -2.85. The highest BCUT2D eigenvalue weighted by Gasteiger charge is 2.19. The first-order valence-corrected chi connectivity index (χ1v) is 11.6. The molecule has 2 aromatic carbocycles. The summed E-state index contributed by atoms with van der Waals surface area (Å²) in [7, 11) is 1.51. The molecule has 0 amide bonds. The number of ether oxygens (including phenoxy) is 1. The number of benzene rings is 2. The number of nitrogens with zero attached hydrogens (tertiary/aromatic N) is 2. The maximum absolute atomic E-state index is 11.8. The van der Waals surface area contributed by atoms with Gasteiger partial charge in [-0.1, -0.05) is 35.0 Å². The molecule has 0 aliphatic carbocycles. The van der Waals surface area contributed by atoms with Crippen molar-refractivity contribution in [1.82, 2.24) is 10.2 Å². The van der Waals surface area contributed by atoms with E-state index in [-0.39, 0.29) is 16.0 Å². The fraction of sp³-hybridized carbons (Fsp3) is 0.0455. The van der Waals surface area contributed by atoms with Crippen LogP contribution in [0, 0.1) is 0 Å². The van der Waals surface area contributed by atoms with E-state index in [9.17, 15) is 9.90 Å². The summed E-state index contributed by atoms with van der Waals surface area (Å²) in [6.45, 7) is 0. The summed E-state index contributed by atoms with van der Waals surface area (Å²) in [4.78, 5) is 12.7. The van der Waals surface area contributed by atoms with Crippen molar-refractivity contribution in [2.45, 2.75) is 15.2 Å². The van der Waals surface area contributed by atoms with Gasteiger partial charge in [-0.25, -0.2) is 4.79 Å². The van der Waals surface area contributed by atoms with Crippen LogP contribution in [0.25, 0.3) is 17.5 Å². The molecule has 7 nitrogen and oxygen atoms in total. The number of aliphatic carboxylic acids is 1. The second-order valence-electron chi connectivity index (χ2n) is 6.35. The molecule has 2 aromatic heterocycles. The monoisotopic (exact) mass is 520 g/mol. The second-order valence-corrected chi connectivity index (χ2v) is 9.29. The van der Waals surface area contributed by atoms with Crippen LogP contribution >= 0.6 is 46.7 Å². The fourth-order valence-corrected chi connectivity index (χ4v) is 4.38. The summed E-state index contributed by atoms with van der Waals surface area (Å²) >= 11 is 14.1. The van der Waals surface area contributed by atoms with Crippen molar-refractivity contribution >= 4 is 58.8 Å². The third-order valence-corrected chi connectivity index (χ3v) is 6.38. The van der Waals surface area contributed by atoms with E-state index in [0.29, 0.717) is 32.2 Å². The molecule has 0 saturated heterocycles. The van der Waals surface area contributed by atoms with Crippen LogP contribution in [-0.2, 0) is 4.79 Å². The minimum atomic E-state index is -1.16. The standard InChI is InChI=1S/C22H14Cl2N2O5S2/c1-29-17-8-4-13(24)10-16(17)20-25-26-22(31-20)33-18(21(27)28)11-14-5-9-19(30-14)32-15-6-2-12(23)3-7-15/h2-11H,1H3,(H,27,28)/b18-11-. The number of carboxylic acid groups (broad SMARTS) is 1. The van der Waals surface area contributed by atoms with Crippen molar-refractivity contribution in [1.29, 1.82) is 0 Å². The molecule has 0 aliphatic rings. The molecule has 0 fully saturated rings. The van der Waals surface area contributed by atoms with E-state index < -0.39 is 5.97 Å². The zero-order chi connectivity index (χ0) is 23.4. The van der Waals surface area contributed by atoms with Gasteiger partial charge < -0.3 is 18.7 Å². The number of carbonyl (C=O) groups is 1. The Morgan fingerprint density at radius 2 is 1.79 bits per heavy atom. The minimum Gasteiger partial charge on any atom is -0.496 e. The number of furan rings is 1. The zero-order valence-electron chi connectivity index (χ0n) is 16.8.